The third-order valence-electron chi connectivity index (χ3n) is 5.84. The molecule has 1 saturated carbocycles. The van der Waals surface area contributed by atoms with Crippen LogP contribution in [-0.4, -0.2) is 75.2 Å². The van der Waals surface area contributed by atoms with Gasteiger partial charge in [0.15, 0.2) is 5.96 Å². The Labute approximate surface area is 172 Å². The van der Waals surface area contributed by atoms with Gasteiger partial charge < -0.3 is 20.4 Å². The molecule has 2 fully saturated rings. The van der Waals surface area contributed by atoms with Gasteiger partial charge in [-0.25, -0.2) is 0 Å². The predicted molar refractivity (Wildman–Crippen MR) is 119 cm³/mol. The lowest BCUT2D eigenvalue weighted by Crippen LogP contribution is -2.41. The van der Waals surface area contributed by atoms with Gasteiger partial charge in [-0.1, -0.05) is 13.3 Å². The van der Waals surface area contributed by atoms with Crippen LogP contribution in [0.4, 0.5) is 0 Å². The number of hydrogen-bond donors (Lipinski definition) is 2. The van der Waals surface area contributed by atoms with Gasteiger partial charge in [-0.3, -0.25) is 4.99 Å². The van der Waals surface area contributed by atoms with Gasteiger partial charge in [0.25, 0.3) is 0 Å². The molecule has 2 N–H and O–H groups in total. The molecule has 0 unspecified atom stereocenters. The summed E-state index contributed by atoms with van der Waals surface area (Å²) in [5.41, 5.74) is 0.500. The molecule has 1 heterocycles. The van der Waals surface area contributed by atoms with Crippen molar-refractivity contribution in [3.8, 4) is 0 Å². The number of aliphatic imine (C=N–C) groups is 1. The highest BCUT2D eigenvalue weighted by Crippen LogP contribution is 2.43. The molecule has 0 aromatic carbocycles. The Balaban J connectivity index is 0.00000312. The summed E-state index contributed by atoms with van der Waals surface area (Å²) in [6.07, 6.45) is 7.85. The lowest BCUT2D eigenvalue weighted by molar-refractivity contribution is 0.139. The molecule has 0 aromatic rings. The molecule has 25 heavy (non-hydrogen) atoms. The zero-order valence-electron chi connectivity index (χ0n) is 16.6. The average molecular weight is 465 g/mol. The third-order valence-corrected chi connectivity index (χ3v) is 5.84. The van der Waals surface area contributed by atoms with Crippen molar-refractivity contribution in [1.82, 2.24) is 20.4 Å². The SMILES string of the molecule is CCNC(=NCC1(CC)CCC1)NCCCN1CCCN(C)CC1.I. The number of nitrogens with one attached hydrogen (secondary N) is 2. The number of guanidine groups is 1. The molecule has 1 saturated heterocycles. The molecular formula is C19H40IN5. The van der Waals surface area contributed by atoms with Crippen LogP contribution >= 0.6 is 24.0 Å². The summed E-state index contributed by atoms with van der Waals surface area (Å²) in [7, 11) is 2.23. The van der Waals surface area contributed by atoms with Crippen LogP contribution < -0.4 is 10.6 Å². The van der Waals surface area contributed by atoms with E-state index >= 15 is 0 Å². The molecule has 1 aliphatic heterocycles. The molecule has 1 aliphatic carbocycles. The molecule has 148 valence electrons. The largest absolute Gasteiger partial charge is 0.357 e. The number of hydrogen-bond acceptors (Lipinski definition) is 3. The zero-order chi connectivity index (χ0) is 17.3. The van der Waals surface area contributed by atoms with E-state index in [4.69, 9.17) is 4.99 Å². The Hall–Kier alpha value is -0.0800. The Morgan fingerprint density at radius 3 is 2.48 bits per heavy atom. The molecule has 2 rings (SSSR count). The van der Waals surface area contributed by atoms with Gasteiger partial charge in [-0.2, -0.15) is 0 Å². The van der Waals surface area contributed by atoms with Crippen LogP contribution in [0.1, 0.15) is 52.4 Å². The Morgan fingerprint density at radius 1 is 1.04 bits per heavy atom. The molecule has 0 radical (unpaired) electrons. The fourth-order valence-corrected chi connectivity index (χ4v) is 3.72. The molecule has 0 bridgehead atoms. The van der Waals surface area contributed by atoms with Crippen molar-refractivity contribution in [1.29, 1.82) is 0 Å². The first-order chi connectivity index (χ1) is 11.7. The first-order valence-corrected chi connectivity index (χ1v) is 10.1. The molecule has 6 heteroatoms. The summed E-state index contributed by atoms with van der Waals surface area (Å²) in [6, 6.07) is 0. The molecule has 0 spiro atoms. The van der Waals surface area contributed by atoms with Crippen LogP contribution in [0.2, 0.25) is 0 Å². The highest BCUT2D eigenvalue weighted by atomic mass is 127. The highest BCUT2D eigenvalue weighted by Gasteiger charge is 2.34. The van der Waals surface area contributed by atoms with Crippen molar-refractivity contribution < 1.29 is 0 Å². The third kappa shape index (κ3) is 7.99. The van der Waals surface area contributed by atoms with Crippen LogP contribution in [0.5, 0.6) is 0 Å². The number of nitrogens with zero attached hydrogens (tertiary/aromatic N) is 3. The van der Waals surface area contributed by atoms with E-state index in [2.05, 4.69) is 41.3 Å². The summed E-state index contributed by atoms with van der Waals surface area (Å²) in [5, 5.41) is 6.93. The van der Waals surface area contributed by atoms with E-state index < -0.39 is 0 Å². The summed E-state index contributed by atoms with van der Waals surface area (Å²) >= 11 is 0. The second-order valence-electron chi connectivity index (χ2n) is 7.68. The molecule has 2 aliphatic rings. The Bertz CT molecular complexity index is 379. The van der Waals surface area contributed by atoms with Crippen molar-refractivity contribution in [2.75, 3.05) is 59.4 Å². The Kier molecular flexibility index (Phi) is 11.3. The van der Waals surface area contributed by atoms with E-state index in [1.54, 1.807) is 0 Å². The van der Waals surface area contributed by atoms with E-state index in [0.29, 0.717) is 5.41 Å². The molecule has 0 atom stereocenters. The fourth-order valence-electron chi connectivity index (χ4n) is 3.72. The molecule has 5 nitrogen and oxygen atoms in total. The normalized spacial score (nSPS) is 21.8. The number of halogens is 1. The number of likely N-dealkylation sites (N-methyl/N-ethyl adjacent to an activating group) is 1. The molecular weight excluding hydrogens is 425 g/mol. The van der Waals surface area contributed by atoms with E-state index in [0.717, 1.165) is 25.6 Å². The van der Waals surface area contributed by atoms with Gasteiger partial charge in [0.05, 0.1) is 0 Å². The van der Waals surface area contributed by atoms with Crippen LogP contribution in [0.15, 0.2) is 4.99 Å². The van der Waals surface area contributed by atoms with Crippen molar-refractivity contribution in [3.63, 3.8) is 0 Å². The van der Waals surface area contributed by atoms with Gasteiger partial charge in [-0.05, 0) is 71.1 Å². The van der Waals surface area contributed by atoms with Crippen LogP contribution in [0.25, 0.3) is 0 Å². The quantitative estimate of drug-likeness (QED) is 0.251. The zero-order valence-corrected chi connectivity index (χ0v) is 19.0. The first-order valence-electron chi connectivity index (χ1n) is 10.1. The molecule has 0 aromatic heterocycles. The van der Waals surface area contributed by atoms with E-state index in [1.807, 2.05) is 0 Å². The maximum absolute atomic E-state index is 4.86. The second kappa shape index (κ2) is 12.3. The average Bonchev–Trinajstić information content (AvgIpc) is 2.75. The molecule has 0 amide bonds. The second-order valence-corrected chi connectivity index (χ2v) is 7.68. The van der Waals surface area contributed by atoms with Crippen molar-refractivity contribution in [2.24, 2.45) is 10.4 Å². The summed E-state index contributed by atoms with van der Waals surface area (Å²) in [4.78, 5) is 9.91. The highest BCUT2D eigenvalue weighted by molar-refractivity contribution is 14.0. The van der Waals surface area contributed by atoms with Crippen LogP contribution in [0, 0.1) is 5.41 Å². The van der Waals surface area contributed by atoms with E-state index in [9.17, 15) is 0 Å². The van der Waals surface area contributed by atoms with Gasteiger partial charge in [0.1, 0.15) is 0 Å². The minimum absolute atomic E-state index is 0. The number of rotatable bonds is 8. The summed E-state index contributed by atoms with van der Waals surface area (Å²) < 4.78 is 0. The van der Waals surface area contributed by atoms with Crippen LogP contribution in [0.3, 0.4) is 0 Å². The van der Waals surface area contributed by atoms with Crippen molar-refractivity contribution in [2.45, 2.75) is 52.4 Å². The lowest BCUT2D eigenvalue weighted by atomic mass is 9.67. The van der Waals surface area contributed by atoms with Gasteiger partial charge in [0.2, 0.25) is 0 Å². The smallest absolute Gasteiger partial charge is 0.191 e. The Morgan fingerprint density at radius 2 is 1.84 bits per heavy atom. The minimum Gasteiger partial charge on any atom is -0.357 e. The maximum Gasteiger partial charge on any atom is 0.191 e. The lowest BCUT2D eigenvalue weighted by Gasteiger charge is -2.40. The standard InChI is InChI=1S/C19H39N5.HI/c1-4-19(9-6-10-19)17-22-18(20-5-2)21-11-7-13-24-14-8-12-23(3)15-16-24;/h4-17H2,1-3H3,(H2,20,21,22);1H. The van der Waals surface area contributed by atoms with Crippen LogP contribution in [-0.2, 0) is 0 Å². The maximum atomic E-state index is 4.86. The predicted octanol–water partition coefficient (Wildman–Crippen LogP) is 2.77. The van der Waals surface area contributed by atoms with E-state index in [1.165, 1.54) is 71.2 Å². The minimum atomic E-state index is 0. The topological polar surface area (TPSA) is 42.9 Å². The van der Waals surface area contributed by atoms with Crippen molar-refractivity contribution >= 4 is 29.9 Å². The first kappa shape index (κ1) is 23.0. The fraction of sp³-hybridized carbons (Fsp3) is 0.947. The summed E-state index contributed by atoms with van der Waals surface area (Å²) in [6.45, 7) is 13.5. The van der Waals surface area contributed by atoms with Gasteiger partial charge in [0, 0.05) is 32.7 Å². The monoisotopic (exact) mass is 465 g/mol. The summed E-state index contributed by atoms with van der Waals surface area (Å²) in [5.74, 6) is 1.01. The van der Waals surface area contributed by atoms with Gasteiger partial charge in [-0.15, -0.1) is 24.0 Å². The van der Waals surface area contributed by atoms with Crippen molar-refractivity contribution in [3.05, 3.63) is 0 Å². The van der Waals surface area contributed by atoms with E-state index in [-0.39, 0.29) is 24.0 Å². The van der Waals surface area contributed by atoms with Gasteiger partial charge >= 0.3 is 0 Å².